The average Bonchev–Trinajstić information content (AvgIpc) is 2.06. The number of hydrogen-bond acceptors (Lipinski definition) is 2. The van der Waals surface area contributed by atoms with Gasteiger partial charge in [-0.25, -0.2) is 4.98 Å². The number of hydrogen-bond donors (Lipinski definition) is 1. The number of aromatic nitrogens is 1. The molecule has 1 aromatic heterocycles. The van der Waals surface area contributed by atoms with Crippen LogP contribution in [0.4, 0.5) is 0 Å². The van der Waals surface area contributed by atoms with E-state index >= 15 is 0 Å². The van der Waals surface area contributed by atoms with E-state index < -0.39 is 5.91 Å². The summed E-state index contributed by atoms with van der Waals surface area (Å²) in [6, 6.07) is 1.68. The van der Waals surface area contributed by atoms with Gasteiger partial charge in [0.1, 0.15) is 5.15 Å². The van der Waals surface area contributed by atoms with Crippen molar-refractivity contribution in [3.63, 3.8) is 0 Å². The molecule has 0 aliphatic carbocycles. The number of pyridine rings is 1. The van der Waals surface area contributed by atoms with E-state index in [-0.39, 0.29) is 16.1 Å². The fourth-order valence-corrected chi connectivity index (χ4v) is 2.64. The maximum Gasteiger partial charge on any atom is 0.251 e. The van der Waals surface area contributed by atoms with Crippen LogP contribution in [0.15, 0.2) is 6.07 Å². The number of amides is 1. The molecule has 0 radical (unpaired) electrons. The summed E-state index contributed by atoms with van der Waals surface area (Å²) in [7, 11) is 0. The van der Waals surface area contributed by atoms with Crippen LogP contribution in [0.25, 0.3) is 0 Å². The molecule has 0 spiro atoms. The molecule has 1 amide bonds. The predicted molar refractivity (Wildman–Crippen MR) is 69.2 cm³/mol. The van der Waals surface area contributed by atoms with Crippen LogP contribution in [0.5, 0.6) is 0 Å². The molecule has 1 rings (SSSR count). The lowest BCUT2D eigenvalue weighted by Gasteiger charge is -2.20. The molecule has 0 aliphatic heterocycles. The summed E-state index contributed by atoms with van der Waals surface area (Å²) in [6.07, 6.45) is 0. The van der Waals surface area contributed by atoms with Gasteiger partial charge in [0.2, 0.25) is 0 Å². The molecular weight excluding hydrogens is 326 g/mol. The molecule has 2 N–H and O–H groups in total. The van der Waals surface area contributed by atoms with E-state index in [1.807, 2.05) is 20.8 Å². The molecule has 0 saturated carbocycles. The monoisotopic (exact) mass is 338 g/mol. The van der Waals surface area contributed by atoms with E-state index in [4.69, 9.17) is 17.3 Å². The Morgan fingerprint density at radius 2 is 2.07 bits per heavy atom. The third kappa shape index (κ3) is 2.81. The highest BCUT2D eigenvalue weighted by molar-refractivity contribution is 14.1. The van der Waals surface area contributed by atoms with Crippen LogP contribution < -0.4 is 5.73 Å². The highest BCUT2D eigenvalue weighted by atomic mass is 127. The number of halogens is 2. The van der Waals surface area contributed by atoms with E-state index in [1.54, 1.807) is 6.07 Å². The molecule has 0 fully saturated rings. The van der Waals surface area contributed by atoms with E-state index in [2.05, 4.69) is 27.6 Å². The molecule has 5 heteroatoms. The molecular formula is C10H12ClIN2O. The van der Waals surface area contributed by atoms with Crippen LogP contribution in [0, 0.1) is 3.57 Å². The summed E-state index contributed by atoms with van der Waals surface area (Å²) >= 11 is 8.02. The first kappa shape index (κ1) is 12.7. The van der Waals surface area contributed by atoms with Crippen molar-refractivity contribution in [3.05, 3.63) is 26.0 Å². The normalized spacial score (nSPS) is 11.5. The van der Waals surface area contributed by atoms with Crippen molar-refractivity contribution in [1.82, 2.24) is 4.98 Å². The minimum Gasteiger partial charge on any atom is -0.366 e. The van der Waals surface area contributed by atoms with Crippen LogP contribution in [0.2, 0.25) is 5.15 Å². The minimum atomic E-state index is -0.550. The van der Waals surface area contributed by atoms with Gasteiger partial charge < -0.3 is 5.73 Å². The smallest absolute Gasteiger partial charge is 0.251 e. The quantitative estimate of drug-likeness (QED) is 0.632. The summed E-state index contributed by atoms with van der Waals surface area (Å²) in [4.78, 5) is 15.3. The largest absolute Gasteiger partial charge is 0.366 e. The number of carbonyl (C=O) groups excluding carboxylic acids is 1. The molecule has 0 unspecified atom stereocenters. The van der Waals surface area contributed by atoms with Gasteiger partial charge in [-0.05, 0) is 28.7 Å². The molecule has 82 valence electrons. The fraction of sp³-hybridized carbons (Fsp3) is 0.400. The topological polar surface area (TPSA) is 56.0 Å². The number of rotatable bonds is 1. The molecule has 0 aliphatic rings. The first-order chi connectivity index (χ1) is 6.73. The van der Waals surface area contributed by atoms with E-state index in [9.17, 15) is 4.79 Å². The van der Waals surface area contributed by atoms with Crippen molar-refractivity contribution in [2.75, 3.05) is 0 Å². The maximum atomic E-state index is 11.0. The molecule has 0 saturated heterocycles. The molecule has 1 heterocycles. The summed E-state index contributed by atoms with van der Waals surface area (Å²) in [6.45, 7) is 6.12. The first-order valence-corrected chi connectivity index (χ1v) is 5.85. The maximum absolute atomic E-state index is 11.0. The summed E-state index contributed by atoms with van der Waals surface area (Å²) in [5, 5.41) is 0.174. The van der Waals surface area contributed by atoms with Crippen LogP contribution in [0.1, 0.15) is 36.8 Å². The highest BCUT2D eigenvalue weighted by Gasteiger charge is 2.22. The molecule has 15 heavy (non-hydrogen) atoms. The van der Waals surface area contributed by atoms with Gasteiger partial charge in [0.05, 0.1) is 11.3 Å². The highest BCUT2D eigenvalue weighted by Crippen LogP contribution is 2.28. The van der Waals surface area contributed by atoms with Crippen LogP contribution in [0.3, 0.4) is 0 Å². The second-order valence-electron chi connectivity index (χ2n) is 4.27. The zero-order valence-corrected chi connectivity index (χ0v) is 11.7. The minimum absolute atomic E-state index is 0.101. The lowest BCUT2D eigenvalue weighted by atomic mass is 9.91. The van der Waals surface area contributed by atoms with Crippen LogP contribution in [-0.4, -0.2) is 10.9 Å². The average molecular weight is 339 g/mol. The van der Waals surface area contributed by atoms with Crippen molar-refractivity contribution in [3.8, 4) is 0 Å². The SMILES string of the molecule is CC(C)(C)c1nc(Cl)c(C(N)=O)cc1I. The Morgan fingerprint density at radius 1 is 1.53 bits per heavy atom. The van der Waals surface area contributed by atoms with Gasteiger partial charge in [0.15, 0.2) is 0 Å². The van der Waals surface area contributed by atoms with Crippen molar-refractivity contribution in [2.24, 2.45) is 5.73 Å². The van der Waals surface area contributed by atoms with Gasteiger partial charge >= 0.3 is 0 Å². The second kappa shape index (κ2) is 4.25. The lowest BCUT2D eigenvalue weighted by molar-refractivity contribution is 0.1000. The van der Waals surface area contributed by atoms with E-state index in [0.717, 1.165) is 9.26 Å². The van der Waals surface area contributed by atoms with Crippen molar-refractivity contribution in [2.45, 2.75) is 26.2 Å². The van der Waals surface area contributed by atoms with Gasteiger partial charge in [-0.15, -0.1) is 0 Å². The van der Waals surface area contributed by atoms with Crippen molar-refractivity contribution in [1.29, 1.82) is 0 Å². The van der Waals surface area contributed by atoms with Crippen LogP contribution in [-0.2, 0) is 5.41 Å². The van der Waals surface area contributed by atoms with Crippen LogP contribution >= 0.6 is 34.2 Å². The second-order valence-corrected chi connectivity index (χ2v) is 5.79. The summed E-state index contributed by atoms with van der Waals surface area (Å²) in [5.74, 6) is -0.550. The van der Waals surface area contributed by atoms with Crippen molar-refractivity contribution < 1.29 is 4.79 Å². The Bertz CT molecular complexity index is 413. The van der Waals surface area contributed by atoms with Gasteiger partial charge in [-0.1, -0.05) is 32.4 Å². The lowest BCUT2D eigenvalue weighted by Crippen LogP contribution is -2.19. The third-order valence-corrected chi connectivity index (χ3v) is 3.02. The van der Waals surface area contributed by atoms with Gasteiger partial charge in [-0.3, -0.25) is 4.79 Å². The Kier molecular flexibility index (Phi) is 3.60. The molecule has 0 bridgehead atoms. The predicted octanol–water partition coefficient (Wildman–Crippen LogP) is 2.74. The van der Waals surface area contributed by atoms with E-state index in [0.29, 0.717) is 0 Å². The number of nitrogens with two attached hydrogens (primary N) is 1. The van der Waals surface area contributed by atoms with E-state index in [1.165, 1.54) is 0 Å². The fourth-order valence-electron chi connectivity index (χ4n) is 1.17. The van der Waals surface area contributed by atoms with Gasteiger partial charge in [0.25, 0.3) is 5.91 Å². The first-order valence-electron chi connectivity index (χ1n) is 4.40. The number of nitrogens with zero attached hydrogens (tertiary/aromatic N) is 1. The molecule has 3 nitrogen and oxygen atoms in total. The summed E-state index contributed by atoms with van der Waals surface area (Å²) in [5.41, 5.74) is 6.22. The standard InChI is InChI=1S/C10H12ClIN2O/c1-10(2,3)7-6(12)4-5(9(13)15)8(11)14-7/h4H,1-3H3,(H2,13,15). The molecule has 0 aromatic carbocycles. The Labute approximate surface area is 108 Å². The zero-order valence-electron chi connectivity index (χ0n) is 8.77. The van der Waals surface area contributed by atoms with Gasteiger partial charge in [-0.2, -0.15) is 0 Å². The summed E-state index contributed by atoms with van der Waals surface area (Å²) < 4.78 is 0.901. The zero-order chi connectivity index (χ0) is 11.8. The Balaban J connectivity index is 3.39. The third-order valence-electron chi connectivity index (χ3n) is 1.91. The van der Waals surface area contributed by atoms with Gasteiger partial charge in [0, 0.05) is 8.99 Å². The van der Waals surface area contributed by atoms with Crippen molar-refractivity contribution >= 4 is 40.1 Å². The molecule has 1 aromatic rings. The Hall–Kier alpha value is -0.360. The number of carbonyl (C=O) groups is 1. The number of primary amides is 1. The Morgan fingerprint density at radius 3 is 2.47 bits per heavy atom. The molecule has 0 atom stereocenters.